The van der Waals surface area contributed by atoms with E-state index in [9.17, 15) is 13.2 Å². The molecule has 0 saturated heterocycles. The standard InChI is InChI=1S/C17H15F3N4O/c1-11-3-6-16(21-8-11)25-10-12-9-24(23-22-12)13-4-5-15(18)14(7-13)17(2,19)20/h3-9H,10H2,1-2H3. The van der Waals surface area contributed by atoms with Crippen LogP contribution in [0.5, 0.6) is 5.88 Å². The first-order valence-corrected chi connectivity index (χ1v) is 7.48. The molecule has 8 heteroatoms. The highest BCUT2D eigenvalue weighted by molar-refractivity contribution is 5.37. The minimum absolute atomic E-state index is 0.119. The second kappa shape index (κ2) is 6.54. The maximum atomic E-state index is 13.6. The van der Waals surface area contributed by atoms with Crippen molar-refractivity contribution < 1.29 is 17.9 Å². The van der Waals surface area contributed by atoms with Crippen molar-refractivity contribution >= 4 is 0 Å². The third-order valence-corrected chi connectivity index (χ3v) is 3.48. The summed E-state index contributed by atoms with van der Waals surface area (Å²) in [5.74, 6) is -3.82. The number of ether oxygens (including phenoxy) is 1. The van der Waals surface area contributed by atoms with E-state index < -0.39 is 17.3 Å². The summed E-state index contributed by atoms with van der Waals surface area (Å²) < 4.78 is 47.2. The van der Waals surface area contributed by atoms with Gasteiger partial charge in [-0.25, -0.2) is 22.8 Å². The van der Waals surface area contributed by atoms with Crippen molar-refractivity contribution in [3.63, 3.8) is 0 Å². The highest BCUT2D eigenvalue weighted by Gasteiger charge is 2.28. The first-order chi connectivity index (χ1) is 11.8. The lowest BCUT2D eigenvalue weighted by atomic mass is 10.1. The van der Waals surface area contributed by atoms with E-state index in [1.54, 1.807) is 12.3 Å². The highest BCUT2D eigenvalue weighted by atomic mass is 19.3. The number of halogens is 3. The Balaban J connectivity index is 1.76. The van der Waals surface area contributed by atoms with Gasteiger partial charge in [0.25, 0.3) is 5.92 Å². The lowest BCUT2D eigenvalue weighted by Gasteiger charge is -2.12. The lowest BCUT2D eigenvalue weighted by Crippen LogP contribution is -2.11. The average Bonchev–Trinajstić information content (AvgIpc) is 3.03. The van der Waals surface area contributed by atoms with E-state index in [1.807, 2.05) is 13.0 Å². The van der Waals surface area contributed by atoms with Gasteiger partial charge >= 0.3 is 0 Å². The van der Waals surface area contributed by atoms with Gasteiger partial charge in [0.05, 0.1) is 17.4 Å². The molecule has 0 saturated carbocycles. The van der Waals surface area contributed by atoms with Crippen LogP contribution in [-0.2, 0) is 12.5 Å². The fourth-order valence-corrected chi connectivity index (χ4v) is 2.17. The van der Waals surface area contributed by atoms with Crippen LogP contribution in [0.15, 0.2) is 42.7 Å². The molecule has 3 aromatic rings. The minimum atomic E-state index is -3.29. The largest absolute Gasteiger partial charge is 0.471 e. The molecule has 2 heterocycles. The fourth-order valence-electron chi connectivity index (χ4n) is 2.17. The van der Waals surface area contributed by atoms with E-state index in [-0.39, 0.29) is 12.3 Å². The van der Waals surface area contributed by atoms with Crippen LogP contribution in [0.1, 0.15) is 23.7 Å². The van der Waals surface area contributed by atoms with Crippen molar-refractivity contribution in [1.29, 1.82) is 0 Å². The Morgan fingerprint density at radius 1 is 1.20 bits per heavy atom. The molecule has 2 aromatic heterocycles. The topological polar surface area (TPSA) is 52.8 Å². The number of benzene rings is 1. The average molecular weight is 348 g/mol. The molecule has 0 bridgehead atoms. The van der Waals surface area contributed by atoms with Crippen molar-refractivity contribution in [3.05, 3.63) is 65.4 Å². The van der Waals surface area contributed by atoms with Gasteiger partial charge in [-0.3, -0.25) is 0 Å². The van der Waals surface area contributed by atoms with E-state index >= 15 is 0 Å². The Bertz CT molecular complexity index is 872. The molecule has 5 nitrogen and oxygen atoms in total. The quantitative estimate of drug-likeness (QED) is 0.704. The maximum Gasteiger partial charge on any atom is 0.273 e. The molecule has 0 amide bonds. The molecule has 0 radical (unpaired) electrons. The molecule has 3 rings (SSSR count). The Hall–Kier alpha value is -2.90. The molecule has 0 aliphatic carbocycles. The number of aromatic nitrogens is 4. The predicted octanol–water partition coefficient (Wildman–Crippen LogP) is 3.80. The summed E-state index contributed by atoms with van der Waals surface area (Å²) in [7, 11) is 0. The van der Waals surface area contributed by atoms with E-state index in [4.69, 9.17) is 4.74 Å². The number of nitrogens with zero attached hydrogens (tertiary/aromatic N) is 4. The summed E-state index contributed by atoms with van der Waals surface area (Å²) >= 11 is 0. The van der Waals surface area contributed by atoms with Crippen molar-refractivity contribution in [2.75, 3.05) is 0 Å². The van der Waals surface area contributed by atoms with Crippen LogP contribution in [0.3, 0.4) is 0 Å². The zero-order valence-electron chi connectivity index (χ0n) is 13.6. The second-order valence-electron chi connectivity index (χ2n) is 5.67. The van der Waals surface area contributed by atoms with E-state index in [1.165, 1.54) is 16.9 Å². The molecule has 130 valence electrons. The monoisotopic (exact) mass is 348 g/mol. The van der Waals surface area contributed by atoms with Crippen LogP contribution < -0.4 is 4.74 Å². The van der Waals surface area contributed by atoms with Crippen LogP contribution in [-0.4, -0.2) is 20.0 Å². The number of aryl methyl sites for hydroxylation is 1. The SMILES string of the molecule is Cc1ccc(OCc2cn(-c3ccc(F)c(C(C)(F)F)c3)nn2)nc1. The summed E-state index contributed by atoms with van der Waals surface area (Å²) in [6.45, 7) is 2.68. The van der Waals surface area contributed by atoms with Crippen LogP contribution in [0.2, 0.25) is 0 Å². The number of hydrogen-bond acceptors (Lipinski definition) is 4. The molecular formula is C17H15F3N4O. The Labute approximate surface area is 142 Å². The van der Waals surface area contributed by atoms with Crippen LogP contribution in [0, 0.1) is 12.7 Å². The van der Waals surface area contributed by atoms with Crippen LogP contribution in [0.4, 0.5) is 13.2 Å². The highest BCUT2D eigenvalue weighted by Crippen LogP contribution is 2.30. The van der Waals surface area contributed by atoms with Gasteiger partial charge in [-0.15, -0.1) is 5.10 Å². The molecule has 0 N–H and O–H groups in total. The van der Waals surface area contributed by atoms with E-state index in [2.05, 4.69) is 15.3 Å². The van der Waals surface area contributed by atoms with Gasteiger partial charge in [0.1, 0.15) is 18.1 Å². The minimum Gasteiger partial charge on any atom is -0.471 e. The summed E-state index contributed by atoms with van der Waals surface area (Å²) in [5, 5.41) is 7.78. The molecule has 0 spiro atoms. The van der Waals surface area contributed by atoms with Crippen molar-refractivity contribution in [1.82, 2.24) is 20.0 Å². The number of pyridine rings is 1. The summed E-state index contributed by atoms with van der Waals surface area (Å²) in [6.07, 6.45) is 3.20. The molecule has 0 fully saturated rings. The van der Waals surface area contributed by atoms with Crippen molar-refractivity contribution in [2.24, 2.45) is 0 Å². The van der Waals surface area contributed by atoms with Gasteiger partial charge in [0, 0.05) is 19.2 Å². The first-order valence-electron chi connectivity index (χ1n) is 7.48. The number of hydrogen-bond donors (Lipinski definition) is 0. The molecule has 1 aromatic carbocycles. The fraction of sp³-hybridized carbons (Fsp3) is 0.235. The van der Waals surface area contributed by atoms with Crippen molar-refractivity contribution in [2.45, 2.75) is 26.4 Å². The third-order valence-electron chi connectivity index (χ3n) is 3.48. The van der Waals surface area contributed by atoms with E-state index in [0.29, 0.717) is 18.5 Å². The van der Waals surface area contributed by atoms with E-state index in [0.717, 1.165) is 17.7 Å². The van der Waals surface area contributed by atoms with Crippen molar-refractivity contribution in [3.8, 4) is 11.6 Å². The van der Waals surface area contributed by atoms with Gasteiger partial charge in [0.2, 0.25) is 5.88 Å². The summed E-state index contributed by atoms with van der Waals surface area (Å²) in [5.41, 5.74) is 1.09. The van der Waals surface area contributed by atoms with Gasteiger partial charge in [-0.05, 0) is 30.7 Å². The zero-order chi connectivity index (χ0) is 18.0. The third kappa shape index (κ3) is 3.96. The Kier molecular flexibility index (Phi) is 4.43. The first kappa shape index (κ1) is 16.9. The lowest BCUT2D eigenvalue weighted by molar-refractivity contribution is 0.0137. The van der Waals surface area contributed by atoms with Crippen LogP contribution >= 0.6 is 0 Å². The van der Waals surface area contributed by atoms with Gasteiger partial charge < -0.3 is 4.74 Å². The molecule has 0 aliphatic heterocycles. The van der Waals surface area contributed by atoms with Gasteiger partial charge in [0.15, 0.2) is 0 Å². The number of rotatable bonds is 5. The Morgan fingerprint density at radius 2 is 2.00 bits per heavy atom. The Morgan fingerprint density at radius 3 is 2.68 bits per heavy atom. The molecular weight excluding hydrogens is 333 g/mol. The second-order valence-corrected chi connectivity index (χ2v) is 5.67. The molecule has 0 unspecified atom stereocenters. The van der Waals surface area contributed by atoms with Gasteiger partial charge in [-0.2, -0.15) is 0 Å². The smallest absolute Gasteiger partial charge is 0.273 e. The molecule has 25 heavy (non-hydrogen) atoms. The summed E-state index contributed by atoms with van der Waals surface area (Å²) in [6, 6.07) is 6.98. The molecule has 0 aliphatic rings. The van der Waals surface area contributed by atoms with Gasteiger partial charge in [-0.1, -0.05) is 11.3 Å². The zero-order valence-corrected chi connectivity index (χ0v) is 13.6. The summed E-state index contributed by atoms with van der Waals surface area (Å²) in [4.78, 5) is 4.10. The maximum absolute atomic E-state index is 13.6. The molecule has 0 atom stereocenters. The number of alkyl halides is 2. The predicted molar refractivity (Wildman–Crippen MR) is 84.2 cm³/mol. The normalized spacial score (nSPS) is 11.6. The van der Waals surface area contributed by atoms with Crippen LogP contribution in [0.25, 0.3) is 5.69 Å².